The predicted octanol–water partition coefficient (Wildman–Crippen LogP) is 3.69. The fourth-order valence-electron chi connectivity index (χ4n) is 3.94. The summed E-state index contributed by atoms with van der Waals surface area (Å²) in [5, 5.41) is 0.713. The van der Waals surface area contributed by atoms with Crippen LogP contribution in [0.3, 0.4) is 0 Å². The van der Waals surface area contributed by atoms with E-state index in [1.54, 1.807) is 0 Å². The third-order valence-corrected chi connectivity index (χ3v) is 6.18. The second kappa shape index (κ2) is 10.3. The first-order valence-corrected chi connectivity index (χ1v) is 11.5. The van der Waals surface area contributed by atoms with E-state index < -0.39 is 0 Å². The molecule has 4 rings (SSSR count). The minimum atomic E-state index is 0.713. The Balaban J connectivity index is 1.57. The number of aliphatic imine (C=N–C) groups is 1. The molecule has 2 fully saturated rings. The monoisotopic (exact) mass is 442 g/mol. The van der Waals surface area contributed by atoms with E-state index >= 15 is 0 Å². The van der Waals surface area contributed by atoms with Crippen LogP contribution in [0.2, 0.25) is 0 Å². The summed E-state index contributed by atoms with van der Waals surface area (Å²) in [6.45, 7) is 10.8. The molecule has 0 N–H and O–H groups in total. The Labute approximate surface area is 189 Å². The highest BCUT2D eigenvalue weighted by Gasteiger charge is 2.22. The van der Waals surface area contributed by atoms with E-state index in [4.69, 9.17) is 26.3 Å². The van der Waals surface area contributed by atoms with Crippen molar-refractivity contribution in [3.05, 3.63) is 40.8 Å². The molecule has 0 aromatic carbocycles. The lowest BCUT2D eigenvalue weighted by Gasteiger charge is -2.29. The standard InChI is InChI=1S/C23H31ClN6O/c1-3-18(2)20-17-21(27-23(26-20)30-13-15-31-16-14-30)28-9-6-10-29(12-11-28)22-19(24)7-4-5-8-25-22/h3-4,7-8,17H,5-6,9-16H2,1-2H3/b18-3+. The van der Waals surface area contributed by atoms with Crippen LogP contribution < -0.4 is 9.80 Å². The van der Waals surface area contributed by atoms with Crippen molar-refractivity contribution in [3.63, 3.8) is 0 Å². The van der Waals surface area contributed by atoms with Gasteiger partial charge in [0.05, 0.1) is 23.9 Å². The van der Waals surface area contributed by atoms with Gasteiger partial charge in [0.1, 0.15) is 11.6 Å². The van der Waals surface area contributed by atoms with Gasteiger partial charge in [-0.2, -0.15) is 4.98 Å². The van der Waals surface area contributed by atoms with Gasteiger partial charge < -0.3 is 19.4 Å². The fraction of sp³-hybridized carbons (Fsp3) is 0.522. The van der Waals surface area contributed by atoms with Gasteiger partial charge in [-0.05, 0) is 31.9 Å². The van der Waals surface area contributed by atoms with E-state index in [0.717, 1.165) is 94.2 Å². The molecule has 166 valence electrons. The zero-order valence-electron chi connectivity index (χ0n) is 18.4. The number of halogens is 1. The average Bonchev–Trinajstić information content (AvgIpc) is 3.19. The number of rotatable bonds is 4. The van der Waals surface area contributed by atoms with Crippen LogP contribution in [0.1, 0.15) is 32.4 Å². The van der Waals surface area contributed by atoms with Crippen LogP contribution in [-0.4, -0.2) is 73.6 Å². The molecule has 1 aromatic rings. The molecule has 1 aromatic heterocycles. The highest BCUT2D eigenvalue weighted by Crippen LogP contribution is 2.25. The molecule has 0 radical (unpaired) electrons. The Bertz CT molecular complexity index is 903. The van der Waals surface area contributed by atoms with Crippen LogP contribution in [0.5, 0.6) is 0 Å². The molecule has 8 heteroatoms. The number of morpholine rings is 1. The first-order chi connectivity index (χ1) is 15.2. The maximum Gasteiger partial charge on any atom is 0.228 e. The van der Waals surface area contributed by atoms with Crippen LogP contribution in [0.4, 0.5) is 11.8 Å². The van der Waals surface area contributed by atoms with Gasteiger partial charge in [-0.15, -0.1) is 0 Å². The van der Waals surface area contributed by atoms with Crippen molar-refractivity contribution in [2.24, 2.45) is 4.99 Å². The molecule has 0 saturated carbocycles. The molecule has 0 amide bonds. The zero-order valence-corrected chi connectivity index (χ0v) is 19.2. The molecule has 3 aliphatic heterocycles. The fourth-order valence-corrected chi connectivity index (χ4v) is 4.19. The van der Waals surface area contributed by atoms with Crippen LogP contribution in [-0.2, 0) is 4.74 Å². The average molecular weight is 443 g/mol. The molecule has 4 heterocycles. The normalized spacial score (nSPS) is 20.9. The van der Waals surface area contributed by atoms with Gasteiger partial charge in [0.25, 0.3) is 0 Å². The Morgan fingerprint density at radius 2 is 1.81 bits per heavy atom. The Morgan fingerprint density at radius 3 is 2.61 bits per heavy atom. The van der Waals surface area contributed by atoms with E-state index in [-0.39, 0.29) is 0 Å². The zero-order chi connectivity index (χ0) is 21.6. The number of allylic oxidation sites excluding steroid dienone is 5. The highest BCUT2D eigenvalue weighted by atomic mass is 35.5. The topological polar surface area (TPSA) is 57.1 Å². The van der Waals surface area contributed by atoms with Gasteiger partial charge in [-0.25, -0.2) is 9.98 Å². The number of ether oxygens (including phenoxy) is 1. The molecular formula is C23H31ClN6O. The first kappa shape index (κ1) is 21.8. The summed E-state index contributed by atoms with van der Waals surface area (Å²) in [4.78, 5) is 21.3. The number of hydrogen-bond donors (Lipinski definition) is 0. The Morgan fingerprint density at radius 1 is 1.03 bits per heavy atom. The molecule has 0 bridgehead atoms. The lowest BCUT2D eigenvalue weighted by Crippen LogP contribution is -2.38. The van der Waals surface area contributed by atoms with Gasteiger partial charge in [0.15, 0.2) is 0 Å². The van der Waals surface area contributed by atoms with Gasteiger partial charge in [0, 0.05) is 58.0 Å². The lowest BCUT2D eigenvalue weighted by atomic mass is 10.2. The second-order valence-corrected chi connectivity index (χ2v) is 8.34. The molecule has 0 spiro atoms. The van der Waals surface area contributed by atoms with E-state index in [2.05, 4.69) is 45.7 Å². The third-order valence-electron chi connectivity index (χ3n) is 5.88. The van der Waals surface area contributed by atoms with Crippen LogP contribution >= 0.6 is 11.6 Å². The molecule has 3 aliphatic rings. The summed E-state index contributed by atoms with van der Waals surface area (Å²) in [5.74, 6) is 2.65. The molecule has 0 atom stereocenters. The SMILES string of the molecule is C/C=C(\C)c1cc(N2CCCN(C3=C(Cl)C=CCC=N3)CC2)nc(N2CCOCC2)n1. The first-order valence-electron chi connectivity index (χ1n) is 11.1. The summed E-state index contributed by atoms with van der Waals surface area (Å²) < 4.78 is 5.51. The number of nitrogens with zero attached hydrogens (tertiary/aromatic N) is 6. The molecule has 7 nitrogen and oxygen atoms in total. The minimum Gasteiger partial charge on any atom is -0.378 e. The van der Waals surface area contributed by atoms with Crippen molar-refractivity contribution in [3.8, 4) is 0 Å². The minimum absolute atomic E-state index is 0.713. The van der Waals surface area contributed by atoms with Crippen molar-refractivity contribution in [1.29, 1.82) is 0 Å². The van der Waals surface area contributed by atoms with Crippen molar-refractivity contribution in [1.82, 2.24) is 14.9 Å². The van der Waals surface area contributed by atoms with Gasteiger partial charge in [0.2, 0.25) is 5.95 Å². The predicted molar refractivity (Wildman–Crippen MR) is 128 cm³/mol. The number of anilines is 2. The summed E-state index contributed by atoms with van der Waals surface area (Å²) in [6, 6.07) is 2.12. The van der Waals surface area contributed by atoms with Crippen molar-refractivity contribution < 1.29 is 4.74 Å². The number of aromatic nitrogens is 2. The van der Waals surface area contributed by atoms with E-state index in [9.17, 15) is 0 Å². The van der Waals surface area contributed by atoms with Crippen LogP contribution in [0.15, 0.2) is 40.1 Å². The summed E-state index contributed by atoms with van der Waals surface area (Å²) in [6.07, 6.45) is 9.86. The van der Waals surface area contributed by atoms with Crippen LogP contribution in [0.25, 0.3) is 5.57 Å². The summed E-state index contributed by atoms with van der Waals surface area (Å²) in [5.41, 5.74) is 2.14. The number of hydrogen-bond acceptors (Lipinski definition) is 7. The van der Waals surface area contributed by atoms with Gasteiger partial charge in [-0.3, -0.25) is 0 Å². The molecule has 0 aliphatic carbocycles. The Kier molecular flexibility index (Phi) is 7.25. The molecule has 0 unspecified atom stereocenters. The largest absolute Gasteiger partial charge is 0.378 e. The lowest BCUT2D eigenvalue weighted by molar-refractivity contribution is 0.122. The maximum absolute atomic E-state index is 6.49. The summed E-state index contributed by atoms with van der Waals surface area (Å²) >= 11 is 6.49. The van der Waals surface area contributed by atoms with Gasteiger partial charge in [-0.1, -0.05) is 23.8 Å². The Hall–Kier alpha value is -2.38. The second-order valence-electron chi connectivity index (χ2n) is 7.93. The highest BCUT2D eigenvalue weighted by molar-refractivity contribution is 6.31. The smallest absolute Gasteiger partial charge is 0.228 e. The van der Waals surface area contributed by atoms with Crippen LogP contribution in [0, 0.1) is 0 Å². The molecule has 31 heavy (non-hydrogen) atoms. The van der Waals surface area contributed by atoms with Crippen molar-refractivity contribution in [2.45, 2.75) is 26.7 Å². The third kappa shape index (κ3) is 5.28. The maximum atomic E-state index is 6.49. The summed E-state index contributed by atoms with van der Waals surface area (Å²) in [7, 11) is 0. The van der Waals surface area contributed by atoms with Crippen molar-refractivity contribution in [2.75, 3.05) is 62.3 Å². The van der Waals surface area contributed by atoms with Crippen molar-refractivity contribution >= 4 is 35.2 Å². The van der Waals surface area contributed by atoms with E-state index in [0.29, 0.717) is 5.03 Å². The van der Waals surface area contributed by atoms with E-state index in [1.165, 1.54) is 0 Å². The quantitative estimate of drug-likeness (QED) is 0.708. The van der Waals surface area contributed by atoms with E-state index in [1.807, 2.05) is 18.4 Å². The molecule has 2 saturated heterocycles. The van der Waals surface area contributed by atoms with Gasteiger partial charge >= 0.3 is 0 Å². The molecular weight excluding hydrogens is 412 g/mol.